The first-order valence-electron chi connectivity index (χ1n) is 14.5. The van der Waals surface area contributed by atoms with E-state index in [4.69, 9.17) is 9.72 Å². The second-order valence-electron chi connectivity index (χ2n) is 10.7. The van der Waals surface area contributed by atoms with Crippen LogP contribution in [0, 0.1) is 0 Å². The van der Waals surface area contributed by atoms with Crippen LogP contribution in [0.2, 0.25) is 0 Å². The monoisotopic (exact) mass is 584 g/mol. The van der Waals surface area contributed by atoms with E-state index in [-0.39, 0.29) is 16.8 Å². The fourth-order valence-electron chi connectivity index (χ4n) is 5.69. The zero-order chi connectivity index (χ0) is 28.1. The highest BCUT2D eigenvalue weighted by atomic mass is 32.2. The highest BCUT2D eigenvalue weighted by Crippen LogP contribution is 2.32. The summed E-state index contributed by atoms with van der Waals surface area (Å²) in [4.78, 5) is 23.2. The molecule has 10 heteroatoms. The molecule has 40 heavy (non-hydrogen) atoms. The minimum atomic E-state index is -3.62. The maximum atomic E-state index is 13.9. The van der Waals surface area contributed by atoms with Crippen molar-refractivity contribution < 1.29 is 17.9 Å². The summed E-state index contributed by atoms with van der Waals surface area (Å²) in [6.45, 7) is 6.81. The largest absolute Gasteiger partial charge is 0.379 e. The number of fused-ring (bicyclic) bond motifs is 1. The van der Waals surface area contributed by atoms with Crippen molar-refractivity contribution in [2.75, 3.05) is 51.3 Å². The first kappa shape index (κ1) is 29.1. The third-order valence-corrected chi connectivity index (χ3v) is 11.1. The van der Waals surface area contributed by atoms with Gasteiger partial charge < -0.3 is 4.74 Å². The Balaban J connectivity index is 1.37. The Morgan fingerprint density at radius 1 is 1.07 bits per heavy atom. The van der Waals surface area contributed by atoms with Gasteiger partial charge in [-0.15, -0.1) is 0 Å². The molecule has 2 heterocycles. The Kier molecular flexibility index (Phi) is 9.53. The van der Waals surface area contributed by atoms with Crippen LogP contribution in [-0.4, -0.2) is 81.0 Å². The van der Waals surface area contributed by atoms with Gasteiger partial charge in [0.1, 0.15) is 0 Å². The molecule has 0 unspecified atom stereocenters. The summed E-state index contributed by atoms with van der Waals surface area (Å²) in [5.41, 5.74) is 2.57. The van der Waals surface area contributed by atoms with Gasteiger partial charge >= 0.3 is 0 Å². The summed E-state index contributed by atoms with van der Waals surface area (Å²) in [6.07, 6.45) is 6.76. The lowest BCUT2D eigenvalue weighted by atomic mass is 9.96. The Morgan fingerprint density at radius 2 is 1.80 bits per heavy atom. The lowest BCUT2D eigenvalue weighted by molar-refractivity contribution is 0.0376. The molecule has 0 spiro atoms. The molecular weight excluding hydrogens is 544 g/mol. The quantitative estimate of drug-likeness (QED) is 0.327. The number of amides is 1. The number of benzene rings is 2. The van der Waals surface area contributed by atoms with Gasteiger partial charge in [-0.05, 0) is 61.6 Å². The van der Waals surface area contributed by atoms with E-state index in [1.807, 2.05) is 6.07 Å². The van der Waals surface area contributed by atoms with Gasteiger partial charge in [-0.2, -0.15) is 4.31 Å². The highest BCUT2D eigenvalue weighted by molar-refractivity contribution is 7.89. The number of carbonyl (C=O) groups is 1. The van der Waals surface area contributed by atoms with Gasteiger partial charge in [-0.1, -0.05) is 49.7 Å². The molecule has 0 bridgehead atoms. The molecule has 1 saturated carbocycles. The van der Waals surface area contributed by atoms with E-state index in [2.05, 4.69) is 24.0 Å². The Hall–Kier alpha value is -2.37. The van der Waals surface area contributed by atoms with Crippen LogP contribution in [0.25, 0.3) is 10.2 Å². The minimum absolute atomic E-state index is 0.0362. The van der Waals surface area contributed by atoms with Gasteiger partial charge in [0.15, 0.2) is 5.13 Å². The standard InChI is InChI=1S/C30H40N4O4S2/c1-3-23-9-7-12-27-28(23)31-30(39-27)34(18-8-17-33-19-21-38-22-20-33)29(35)24-13-15-26(16-14-24)40(36,37)32(2)25-10-5-4-6-11-25/h7,9,12-16,25H,3-6,8,10-11,17-22H2,1-2H3. The third kappa shape index (κ3) is 6.41. The average molecular weight is 585 g/mol. The lowest BCUT2D eigenvalue weighted by Crippen LogP contribution is -2.39. The SMILES string of the molecule is CCc1cccc2sc(N(CCCN3CCOCC3)C(=O)c3ccc(S(=O)(=O)N(C)C4CCCCC4)cc3)nc12. The molecule has 216 valence electrons. The molecule has 5 rings (SSSR count). The number of hydrogen-bond acceptors (Lipinski definition) is 7. The Labute approximate surface area is 242 Å². The van der Waals surface area contributed by atoms with Crippen LogP contribution in [0.1, 0.15) is 61.4 Å². The molecule has 2 aliphatic rings. The molecule has 1 aromatic heterocycles. The number of para-hydroxylation sites is 1. The number of aromatic nitrogens is 1. The normalized spacial score (nSPS) is 17.5. The number of rotatable bonds is 10. The smallest absolute Gasteiger partial charge is 0.260 e. The molecule has 8 nitrogen and oxygen atoms in total. The second-order valence-corrected chi connectivity index (χ2v) is 13.7. The number of ether oxygens (including phenoxy) is 1. The van der Waals surface area contributed by atoms with Gasteiger partial charge in [0.25, 0.3) is 5.91 Å². The average Bonchev–Trinajstić information content (AvgIpc) is 3.44. The number of nitrogens with zero attached hydrogens (tertiary/aromatic N) is 4. The Bertz CT molecular complexity index is 1390. The summed E-state index contributed by atoms with van der Waals surface area (Å²) >= 11 is 1.53. The lowest BCUT2D eigenvalue weighted by Gasteiger charge is -2.30. The number of thiazole rings is 1. The van der Waals surface area contributed by atoms with Crippen molar-refractivity contribution in [3.05, 3.63) is 53.6 Å². The number of anilines is 1. The van der Waals surface area contributed by atoms with Crippen molar-refractivity contribution in [1.29, 1.82) is 0 Å². The maximum absolute atomic E-state index is 13.9. The summed E-state index contributed by atoms with van der Waals surface area (Å²) < 4.78 is 34.7. The third-order valence-electron chi connectivity index (χ3n) is 8.18. The summed E-state index contributed by atoms with van der Waals surface area (Å²) in [5, 5.41) is 0.677. The predicted molar refractivity (Wildman–Crippen MR) is 161 cm³/mol. The molecule has 1 amide bonds. The predicted octanol–water partition coefficient (Wildman–Crippen LogP) is 5.18. The maximum Gasteiger partial charge on any atom is 0.260 e. The van der Waals surface area contributed by atoms with Crippen LogP contribution in [0.5, 0.6) is 0 Å². The van der Waals surface area contributed by atoms with Crippen LogP contribution in [0.4, 0.5) is 5.13 Å². The molecular formula is C30H40N4O4S2. The second kappa shape index (κ2) is 13.1. The van der Waals surface area contributed by atoms with Crippen molar-refractivity contribution >= 4 is 42.6 Å². The number of sulfonamides is 1. The van der Waals surface area contributed by atoms with Crippen LogP contribution in [0.15, 0.2) is 47.4 Å². The molecule has 0 atom stereocenters. The molecule has 1 saturated heterocycles. The summed E-state index contributed by atoms with van der Waals surface area (Å²) in [6, 6.07) is 12.6. The summed E-state index contributed by atoms with van der Waals surface area (Å²) in [7, 11) is -1.94. The van der Waals surface area contributed by atoms with Gasteiger partial charge in [-0.25, -0.2) is 13.4 Å². The van der Waals surface area contributed by atoms with Gasteiger partial charge in [-0.3, -0.25) is 14.6 Å². The molecule has 2 aromatic carbocycles. The molecule has 3 aromatic rings. The van der Waals surface area contributed by atoms with E-state index >= 15 is 0 Å². The topological polar surface area (TPSA) is 83.0 Å². The van der Waals surface area contributed by atoms with E-state index in [1.165, 1.54) is 22.1 Å². The van der Waals surface area contributed by atoms with Crippen LogP contribution >= 0.6 is 11.3 Å². The number of hydrogen-bond donors (Lipinski definition) is 0. The van der Waals surface area contributed by atoms with Crippen molar-refractivity contribution in [2.45, 2.75) is 62.8 Å². The molecule has 0 N–H and O–H groups in total. The zero-order valence-corrected chi connectivity index (χ0v) is 25.2. The van der Waals surface area contributed by atoms with Crippen molar-refractivity contribution in [3.8, 4) is 0 Å². The first-order valence-corrected chi connectivity index (χ1v) is 16.7. The summed E-state index contributed by atoms with van der Waals surface area (Å²) in [5.74, 6) is -0.163. The van der Waals surface area contributed by atoms with E-state index < -0.39 is 10.0 Å². The first-order chi connectivity index (χ1) is 19.4. The molecule has 1 aliphatic heterocycles. The van der Waals surface area contributed by atoms with E-state index in [1.54, 1.807) is 36.2 Å². The van der Waals surface area contributed by atoms with Crippen molar-refractivity contribution in [2.24, 2.45) is 0 Å². The van der Waals surface area contributed by atoms with Gasteiger partial charge in [0, 0.05) is 44.8 Å². The van der Waals surface area contributed by atoms with Crippen LogP contribution in [0.3, 0.4) is 0 Å². The molecule has 1 aliphatic carbocycles. The van der Waals surface area contributed by atoms with E-state index in [0.29, 0.717) is 17.2 Å². The van der Waals surface area contributed by atoms with Gasteiger partial charge in [0.2, 0.25) is 10.0 Å². The van der Waals surface area contributed by atoms with Crippen molar-refractivity contribution in [3.63, 3.8) is 0 Å². The fraction of sp³-hybridized carbons (Fsp3) is 0.533. The van der Waals surface area contributed by atoms with Crippen molar-refractivity contribution in [1.82, 2.24) is 14.2 Å². The highest BCUT2D eigenvalue weighted by Gasteiger charge is 2.30. The van der Waals surface area contributed by atoms with Gasteiger partial charge in [0.05, 0.1) is 28.3 Å². The molecule has 0 radical (unpaired) electrons. The number of carbonyl (C=O) groups excluding carboxylic acids is 1. The number of morpholine rings is 1. The zero-order valence-electron chi connectivity index (χ0n) is 23.5. The Morgan fingerprint density at radius 3 is 2.50 bits per heavy atom. The number of aryl methyl sites for hydroxylation is 1. The van der Waals surface area contributed by atoms with Crippen LogP contribution < -0.4 is 4.90 Å². The van der Waals surface area contributed by atoms with Crippen LogP contribution in [-0.2, 0) is 21.2 Å². The molecule has 2 fully saturated rings. The van der Waals surface area contributed by atoms with E-state index in [0.717, 1.165) is 87.2 Å². The van der Waals surface area contributed by atoms with E-state index in [9.17, 15) is 13.2 Å². The minimum Gasteiger partial charge on any atom is -0.379 e. The fourth-order valence-corrected chi connectivity index (χ4v) is 8.14.